The van der Waals surface area contributed by atoms with Crippen LogP contribution >= 0.6 is 11.3 Å². The van der Waals surface area contributed by atoms with Crippen molar-refractivity contribution < 1.29 is 4.79 Å². The highest BCUT2D eigenvalue weighted by Crippen LogP contribution is 2.20. The second-order valence-electron chi connectivity index (χ2n) is 6.50. The lowest BCUT2D eigenvalue weighted by Crippen LogP contribution is -2.41. The first-order valence-corrected chi connectivity index (χ1v) is 9.31. The van der Waals surface area contributed by atoms with Gasteiger partial charge in [0, 0.05) is 38.1 Å². The smallest absolute Gasteiger partial charge is 0.247 e. The molecule has 7 nitrogen and oxygen atoms in total. The number of aromatic nitrogens is 4. The van der Waals surface area contributed by atoms with Crippen LogP contribution in [0.3, 0.4) is 0 Å². The van der Waals surface area contributed by atoms with E-state index in [-0.39, 0.29) is 17.9 Å². The zero-order chi connectivity index (χ0) is 16.9. The molecule has 1 amide bonds. The summed E-state index contributed by atoms with van der Waals surface area (Å²) in [5.74, 6) is 0.319. The molecule has 0 unspecified atom stereocenters. The molecular formula is C16H24N6OS. The van der Waals surface area contributed by atoms with Crippen molar-refractivity contribution in [1.29, 1.82) is 0 Å². The highest BCUT2D eigenvalue weighted by Gasteiger charge is 2.30. The summed E-state index contributed by atoms with van der Waals surface area (Å²) in [4.78, 5) is 25.7. The second kappa shape index (κ2) is 7.85. The predicted molar refractivity (Wildman–Crippen MR) is 92.5 cm³/mol. The van der Waals surface area contributed by atoms with Crippen LogP contribution in [0, 0.1) is 5.92 Å². The van der Waals surface area contributed by atoms with E-state index in [1.807, 2.05) is 10.4 Å². The van der Waals surface area contributed by atoms with Crippen molar-refractivity contribution >= 4 is 17.2 Å². The normalized spacial score (nSPS) is 17.9. The zero-order valence-corrected chi connectivity index (χ0v) is 15.0. The fourth-order valence-corrected chi connectivity index (χ4v) is 3.70. The van der Waals surface area contributed by atoms with Gasteiger partial charge in [-0.1, -0.05) is 13.8 Å². The molecule has 0 spiro atoms. The molecule has 0 radical (unpaired) electrons. The van der Waals surface area contributed by atoms with Gasteiger partial charge >= 0.3 is 0 Å². The van der Waals surface area contributed by atoms with E-state index in [4.69, 9.17) is 0 Å². The van der Waals surface area contributed by atoms with Crippen LogP contribution in [0.1, 0.15) is 32.0 Å². The molecule has 1 fully saturated rings. The quantitative estimate of drug-likeness (QED) is 0.822. The van der Waals surface area contributed by atoms with E-state index in [1.165, 1.54) is 6.33 Å². The van der Waals surface area contributed by atoms with E-state index in [2.05, 4.69) is 39.2 Å². The maximum atomic E-state index is 13.0. The molecule has 130 valence electrons. The first-order chi connectivity index (χ1) is 11.6. The fraction of sp³-hybridized carbons (Fsp3) is 0.625. The molecule has 0 saturated carbocycles. The van der Waals surface area contributed by atoms with Crippen LogP contribution in [0.5, 0.6) is 0 Å². The molecule has 2 aromatic rings. The van der Waals surface area contributed by atoms with E-state index >= 15 is 0 Å². The Labute approximate surface area is 146 Å². The van der Waals surface area contributed by atoms with Crippen molar-refractivity contribution in [2.75, 3.05) is 26.2 Å². The van der Waals surface area contributed by atoms with E-state index < -0.39 is 0 Å². The number of thiazole rings is 1. The van der Waals surface area contributed by atoms with Gasteiger partial charge in [-0.15, -0.1) is 11.3 Å². The minimum Gasteiger partial charge on any atom is -0.340 e. The number of carbonyl (C=O) groups excluding carboxylic acids is 1. The Balaban J connectivity index is 1.63. The van der Waals surface area contributed by atoms with Gasteiger partial charge in [0.1, 0.15) is 18.7 Å². The highest BCUT2D eigenvalue weighted by molar-refractivity contribution is 7.07. The molecule has 8 heteroatoms. The summed E-state index contributed by atoms with van der Waals surface area (Å²) in [5, 5.41) is 6.27. The molecule has 3 rings (SSSR count). The standard InChI is InChI=1S/C16H24N6OS/c1-13(2)15(22-11-17-10-19-22)16(23)21-5-3-4-20(6-7-21)8-14-9-24-12-18-14/h9-13,15H,3-8H2,1-2H3/t15-/m1/s1. The number of hydrogen-bond acceptors (Lipinski definition) is 6. The third kappa shape index (κ3) is 3.99. The Morgan fingerprint density at radius 1 is 1.29 bits per heavy atom. The van der Waals surface area contributed by atoms with Crippen LogP contribution in [0.4, 0.5) is 0 Å². The van der Waals surface area contributed by atoms with Crippen molar-refractivity contribution in [3.63, 3.8) is 0 Å². The molecule has 3 heterocycles. The first-order valence-electron chi connectivity index (χ1n) is 8.37. The average Bonchev–Trinajstić information content (AvgIpc) is 3.19. The number of hydrogen-bond donors (Lipinski definition) is 0. The molecule has 1 saturated heterocycles. The van der Waals surface area contributed by atoms with Gasteiger partial charge in [-0.05, 0) is 12.3 Å². The molecular weight excluding hydrogens is 324 g/mol. The SMILES string of the molecule is CC(C)[C@H](C(=O)N1CCCN(Cc2cscn2)CC1)n1cncn1. The molecule has 24 heavy (non-hydrogen) atoms. The topological polar surface area (TPSA) is 67.2 Å². The van der Waals surface area contributed by atoms with Crippen LogP contribution < -0.4 is 0 Å². The zero-order valence-electron chi connectivity index (χ0n) is 14.2. The Morgan fingerprint density at radius 2 is 2.17 bits per heavy atom. The summed E-state index contributed by atoms with van der Waals surface area (Å²) < 4.78 is 1.69. The monoisotopic (exact) mass is 348 g/mol. The highest BCUT2D eigenvalue weighted by atomic mass is 32.1. The first kappa shape index (κ1) is 17.0. The average molecular weight is 348 g/mol. The van der Waals surface area contributed by atoms with Gasteiger partial charge in [0.2, 0.25) is 5.91 Å². The molecule has 0 bridgehead atoms. The van der Waals surface area contributed by atoms with Gasteiger partial charge < -0.3 is 4.90 Å². The predicted octanol–water partition coefficient (Wildman–Crippen LogP) is 1.67. The van der Waals surface area contributed by atoms with Crippen molar-refractivity contribution in [2.24, 2.45) is 5.92 Å². The third-order valence-electron chi connectivity index (χ3n) is 4.38. The van der Waals surface area contributed by atoms with Crippen LogP contribution in [0.15, 0.2) is 23.5 Å². The molecule has 0 aromatic carbocycles. The lowest BCUT2D eigenvalue weighted by Gasteiger charge is -2.28. The minimum atomic E-state index is -0.280. The van der Waals surface area contributed by atoms with Gasteiger partial charge in [0.25, 0.3) is 0 Å². The minimum absolute atomic E-state index is 0.144. The Kier molecular flexibility index (Phi) is 5.57. The maximum Gasteiger partial charge on any atom is 0.247 e. The summed E-state index contributed by atoms with van der Waals surface area (Å²) in [6.07, 6.45) is 4.10. The summed E-state index contributed by atoms with van der Waals surface area (Å²) in [7, 11) is 0. The molecule has 0 N–H and O–H groups in total. The van der Waals surface area contributed by atoms with Crippen LogP contribution in [-0.2, 0) is 11.3 Å². The number of rotatable bonds is 5. The summed E-state index contributed by atoms with van der Waals surface area (Å²) in [6.45, 7) is 8.39. The van der Waals surface area contributed by atoms with Crippen molar-refractivity contribution in [2.45, 2.75) is 32.9 Å². The maximum absolute atomic E-state index is 13.0. The fourth-order valence-electron chi connectivity index (χ4n) is 3.15. The summed E-state index contributed by atoms with van der Waals surface area (Å²) >= 11 is 1.63. The molecule has 1 atom stereocenters. The van der Waals surface area contributed by atoms with Crippen LogP contribution in [0.2, 0.25) is 0 Å². The van der Waals surface area contributed by atoms with Crippen molar-refractivity contribution in [3.8, 4) is 0 Å². The second-order valence-corrected chi connectivity index (χ2v) is 7.22. The van der Waals surface area contributed by atoms with Gasteiger partial charge in [-0.2, -0.15) is 5.10 Å². The lowest BCUT2D eigenvalue weighted by molar-refractivity contribution is -0.136. The van der Waals surface area contributed by atoms with Crippen molar-refractivity contribution in [1.82, 2.24) is 29.5 Å². The van der Waals surface area contributed by atoms with Crippen molar-refractivity contribution in [3.05, 3.63) is 29.2 Å². The van der Waals surface area contributed by atoms with Gasteiger partial charge in [-0.25, -0.2) is 14.6 Å². The number of nitrogens with zero attached hydrogens (tertiary/aromatic N) is 6. The third-order valence-corrected chi connectivity index (χ3v) is 5.01. The number of carbonyl (C=O) groups is 1. The Morgan fingerprint density at radius 3 is 2.83 bits per heavy atom. The lowest BCUT2D eigenvalue weighted by atomic mass is 10.0. The van der Waals surface area contributed by atoms with Crippen LogP contribution in [-0.4, -0.2) is 61.6 Å². The molecule has 0 aliphatic carbocycles. The Bertz CT molecular complexity index is 627. The summed E-state index contributed by atoms with van der Waals surface area (Å²) in [5.41, 5.74) is 2.98. The number of amides is 1. The molecule has 2 aromatic heterocycles. The van der Waals surface area contributed by atoms with E-state index in [0.29, 0.717) is 0 Å². The van der Waals surface area contributed by atoms with E-state index in [9.17, 15) is 4.79 Å². The van der Waals surface area contributed by atoms with Gasteiger partial charge in [-0.3, -0.25) is 9.69 Å². The van der Waals surface area contributed by atoms with Gasteiger partial charge in [0.05, 0.1) is 11.2 Å². The Hall–Kier alpha value is -1.80. The largest absolute Gasteiger partial charge is 0.340 e. The van der Waals surface area contributed by atoms with E-state index in [1.54, 1.807) is 22.3 Å². The van der Waals surface area contributed by atoms with E-state index in [0.717, 1.165) is 44.8 Å². The summed E-state index contributed by atoms with van der Waals surface area (Å²) in [6, 6.07) is -0.280. The molecule has 1 aliphatic heterocycles. The van der Waals surface area contributed by atoms with Gasteiger partial charge in [0.15, 0.2) is 0 Å². The van der Waals surface area contributed by atoms with Crippen LogP contribution in [0.25, 0.3) is 0 Å². The molecule has 1 aliphatic rings.